The zero-order chi connectivity index (χ0) is 29.1. The van der Waals surface area contributed by atoms with Crippen molar-refractivity contribution >= 4 is 28.6 Å². The average Bonchev–Trinajstić information content (AvgIpc) is 3.40. The number of amides is 1. The molecule has 218 valence electrons. The van der Waals surface area contributed by atoms with E-state index in [9.17, 15) is 4.79 Å². The van der Waals surface area contributed by atoms with Gasteiger partial charge >= 0.3 is 0 Å². The number of benzene rings is 1. The lowest BCUT2D eigenvalue weighted by Crippen LogP contribution is -2.45. The number of carbonyl (C=O) groups excluding carboxylic acids is 1. The van der Waals surface area contributed by atoms with Gasteiger partial charge in [-0.15, -0.1) is 0 Å². The topological polar surface area (TPSA) is 123 Å². The summed E-state index contributed by atoms with van der Waals surface area (Å²) in [6.45, 7) is 5.96. The SMILES string of the molecule is C=CC(=O)N[C@H]1COC[C@H]1Nc1ncc2cc(-c3c(F)c(OC)cc(OC)c3F)nc(NC3CCN(C)CC3)c2n1. The predicted octanol–water partition coefficient (Wildman–Crippen LogP) is 2.97. The molecule has 0 radical (unpaired) electrons. The zero-order valence-electron chi connectivity index (χ0n) is 23.2. The molecule has 1 amide bonds. The molecule has 0 saturated carbocycles. The molecule has 2 aliphatic rings. The van der Waals surface area contributed by atoms with Crippen LogP contribution in [0.4, 0.5) is 20.5 Å². The number of likely N-dealkylation sites (tertiary alicyclic amines) is 1. The highest BCUT2D eigenvalue weighted by Gasteiger charge is 2.30. The second-order valence-electron chi connectivity index (χ2n) is 10.1. The smallest absolute Gasteiger partial charge is 0.243 e. The van der Waals surface area contributed by atoms with Crippen molar-refractivity contribution in [1.29, 1.82) is 0 Å². The summed E-state index contributed by atoms with van der Waals surface area (Å²) in [7, 11) is 4.66. The van der Waals surface area contributed by atoms with E-state index in [4.69, 9.17) is 19.2 Å². The van der Waals surface area contributed by atoms with E-state index in [1.807, 2.05) is 0 Å². The fraction of sp³-hybridized carbons (Fsp3) is 0.429. The number of methoxy groups -OCH3 is 2. The van der Waals surface area contributed by atoms with Gasteiger partial charge in [0.25, 0.3) is 0 Å². The van der Waals surface area contributed by atoms with E-state index in [1.54, 1.807) is 6.20 Å². The summed E-state index contributed by atoms with van der Waals surface area (Å²) in [5.74, 6) is -1.76. The van der Waals surface area contributed by atoms with E-state index in [0.717, 1.165) is 32.0 Å². The molecule has 3 N–H and O–H groups in total. The number of hydrogen-bond acceptors (Lipinski definition) is 10. The van der Waals surface area contributed by atoms with Crippen molar-refractivity contribution in [3.8, 4) is 22.8 Å². The van der Waals surface area contributed by atoms with Gasteiger partial charge in [0.1, 0.15) is 5.52 Å². The lowest BCUT2D eigenvalue weighted by atomic mass is 10.0. The maximum Gasteiger partial charge on any atom is 0.243 e. The number of piperidine rings is 1. The molecular weight excluding hydrogens is 536 g/mol. The highest BCUT2D eigenvalue weighted by Crippen LogP contribution is 2.39. The summed E-state index contributed by atoms with van der Waals surface area (Å²) in [6.07, 6.45) is 4.49. The Kier molecular flexibility index (Phi) is 8.45. The van der Waals surface area contributed by atoms with Gasteiger partial charge in [-0.1, -0.05) is 6.58 Å². The Hall–Kier alpha value is -4.10. The minimum absolute atomic E-state index is 0.0424. The zero-order valence-corrected chi connectivity index (χ0v) is 23.2. The van der Waals surface area contributed by atoms with Crippen LogP contribution in [0.1, 0.15) is 12.8 Å². The molecule has 2 fully saturated rings. The third kappa shape index (κ3) is 6.00. The first-order valence-electron chi connectivity index (χ1n) is 13.3. The first kappa shape index (κ1) is 28.4. The van der Waals surface area contributed by atoms with Gasteiger partial charge in [-0.2, -0.15) is 0 Å². The number of anilines is 2. The number of pyridine rings is 1. The fourth-order valence-corrected chi connectivity index (χ4v) is 5.04. The molecule has 2 aromatic heterocycles. The van der Waals surface area contributed by atoms with Crippen LogP contribution in [0.3, 0.4) is 0 Å². The Morgan fingerprint density at radius 2 is 1.76 bits per heavy atom. The van der Waals surface area contributed by atoms with Crippen LogP contribution in [0.15, 0.2) is 31.0 Å². The van der Waals surface area contributed by atoms with E-state index >= 15 is 8.78 Å². The van der Waals surface area contributed by atoms with Crippen LogP contribution < -0.4 is 25.4 Å². The third-order valence-electron chi connectivity index (χ3n) is 7.36. The number of hydrogen-bond donors (Lipinski definition) is 3. The molecule has 13 heteroatoms. The number of carbonyl (C=O) groups is 1. The molecule has 41 heavy (non-hydrogen) atoms. The molecule has 1 aromatic carbocycles. The van der Waals surface area contributed by atoms with Gasteiger partial charge in [-0.25, -0.2) is 23.7 Å². The number of nitrogens with one attached hydrogen (secondary N) is 3. The van der Waals surface area contributed by atoms with Crippen LogP contribution in [0.5, 0.6) is 11.5 Å². The van der Waals surface area contributed by atoms with E-state index in [0.29, 0.717) is 35.9 Å². The first-order valence-corrected chi connectivity index (χ1v) is 13.3. The van der Waals surface area contributed by atoms with Crippen LogP contribution in [0, 0.1) is 11.6 Å². The highest BCUT2D eigenvalue weighted by atomic mass is 19.1. The molecule has 4 heterocycles. The van der Waals surface area contributed by atoms with Gasteiger partial charge in [0, 0.05) is 23.7 Å². The summed E-state index contributed by atoms with van der Waals surface area (Å²) in [5.41, 5.74) is 0.146. The van der Waals surface area contributed by atoms with Gasteiger partial charge in [0.2, 0.25) is 11.9 Å². The van der Waals surface area contributed by atoms with Crippen LogP contribution in [-0.4, -0.2) is 91.5 Å². The monoisotopic (exact) mass is 569 g/mol. The maximum absolute atomic E-state index is 15.4. The maximum atomic E-state index is 15.4. The van der Waals surface area contributed by atoms with Gasteiger partial charge in [0.05, 0.1) is 50.8 Å². The molecule has 5 rings (SSSR count). The summed E-state index contributed by atoms with van der Waals surface area (Å²) in [5, 5.41) is 10.1. The molecule has 0 bridgehead atoms. The molecule has 2 aliphatic heterocycles. The van der Waals surface area contributed by atoms with E-state index in [-0.39, 0.29) is 46.8 Å². The Bertz CT molecular complexity index is 1420. The molecule has 2 atom stereocenters. The molecule has 2 saturated heterocycles. The largest absolute Gasteiger partial charge is 0.494 e. The van der Waals surface area contributed by atoms with Crippen molar-refractivity contribution in [2.24, 2.45) is 0 Å². The molecule has 3 aromatic rings. The van der Waals surface area contributed by atoms with E-state index in [2.05, 4.69) is 44.4 Å². The molecular formula is C28H33F2N7O4. The molecule has 0 aliphatic carbocycles. The quantitative estimate of drug-likeness (QED) is 0.332. The van der Waals surface area contributed by atoms with E-state index in [1.165, 1.54) is 26.4 Å². The fourth-order valence-electron chi connectivity index (χ4n) is 5.04. The average molecular weight is 570 g/mol. The van der Waals surface area contributed by atoms with Crippen molar-refractivity contribution < 1.29 is 27.8 Å². The number of aromatic nitrogens is 3. The first-order chi connectivity index (χ1) is 19.8. The van der Waals surface area contributed by atoms with Crippen molar-refractivity contribution in [2.75, 3.05) is 58.2 Å². The standard InChI is InChI=1S/C28H33F2N7O4/c1-5-22(38)33-18-13-41-14-19(18)35-28-31-12-15-10-17(23-24(29)20(39-3)11-21(40-4)25(23)30)34-27(26(15)36-28)32-16-6-8-37(2)9-7-16/h5,10-12,16,18-19H,1,6-9,13-14H2,2-4H3,(H,32,34)(H,33,38)(H,31,35,36)/t18-,19+/m0/s1. The number of rotatable bonds is 9. The Morgan fingerprint density at radius 3 is 2.41 bits per heavy atom. The van der Waals surface area contributed by atoms with E-state index < -0.39 is 11.6 Å². The minimum Gasteiger partial charge on any atom is -0.494 e. The molecule has 0 unspecified atom stereocenters. The van der Waals surface area contributed by atoms with Crippen molar-refractivity contribution in [3.05, 3.63) is 42.6 Å². The van der Waals surface area contributed by atoms with Crippen LogP contribution >= 0.6 is 0 Å². The number of halogens is 2. The Morgan fingerprint density at radius 1 is 1.07 bits per heavy atom. The number of ether oxygens (including phenoxy) is 3. The second-order valence-corrected chi connectivity index (χ2v) is 10.1. The van der Waals surface area contributed by atoms with Crippen molar-refractivity contribution in [2.45, 2.75) is 31.0 Å². The normalized spacial score (nSPS) is 19.6. The second kappa shape index (κ2) is 12.2. The summed E-state index contributed by atoms with van der Waals surface area (Å²) >= 11 is 0. The van der Waals surface area contributed by atoms with Gasteiger partial charge < -0.3 is 35.1 Å². The highest BCUT2D eigenvalue weighted by molar-refractivity contribution is 5.92. The lowest BCUT2D eigenvalue weighted by molar-refractivity contribution is -0.117. The Balaban J connectivity index is 1.56. The summed E-state index contributed by atoms with van der Waals surface area (Å²) in [6, 6.07) is 2.20. The molecule has 11 nitrogen and oxygen atoms in total. The lowest BCUT2D eigenvalue weighted by Gasteiger charge is -2.30. The Labute approximate surface area is 236 Å². The third-order valence-corrected chi connectivity index (χ3v) is 7.36. The minimum atomic E-state index is -0.893. The molecule has 0 spiro atoms. The van der Waals surface area contributed by atoms with Crippen molar-refractivity contribution in [1.82, 2.24) is 25.2 Å². The number of nitrogens with zero attached hydrogens (tertiary/aromatic N) is 4. The van der Waals surface area contributed by atoms with Crippen molar-refractivity contribution in [3.63, 3.8) is 0 Å². The van der Waals surface area contributed by atoms with Crippen LogP contribution in [-0.2, 0) is 9.53 Å². The van der Waals surface area contributed by atoms with Crippen LogP contribution in [0.2, 0.25) is 0 Å². The van der Waals surface area contributed by atoms with Gasteiger partial charge in [-0.05, 0) is 45.1 Å². The van der Waals surface area contributed by atoms with Gasteiger partial charge in [-0.3, -0.25) is 4.79 Å². The summed E-state index contributed by atoms with van der Waals surface area (Å²) < 4.78 is 46.7. The van der Waals surface area contributed by atoms with Gasteiger partial charge in [0.15, 0.2) is 29.0 Å². The summed E-state index contributed by atoms with van der Waals surface area (Å²) in [4.78, 5) is 27.9. The number of fused-ring (bicyclic) bond motifs is 1. The predicted molar refractivity (Wildman–Crippen MR) is 150 cm³/mol. The van der Waals surface area contributed by atoms with Crippen LogP contribution in [0.25, 0.3) is 22.2 Å².